The molecule has 1 fully saturated rings. The topological polar surface area (TPSA) is 29.0 Å². The highest BCUT2D eigenvalue weighted by molar-refractivity contribution is 5.55. The quantitative estimate of drug-likeness (QED) is 0.839. The van der Waals surface area contributed by atoms with Gasteiger partial charge in [-0.3, -0.25) is 0 Å². The van der Waals surface area contributed by atoms with Crippen LogP contribution < -0.4 is 4.90 Å². The van der Waals surface area contributed by atoms with Crippen LogP contribution in [0.5, 0.6) is 0 Å². The molecule has 2 heterocycles. The Morgan fingerprint density at radius 3 is 2.61 bits per heavy atom. The molecule has 0 radical (unpaired) electrons. The third-order valence-corrected chi connectivity index (χ3v) is 5.24. The van der Waals surface area contributed by atoms with Gasteiger partial charge in [0.25, 0.3) is 0 Å². The number of anilines is 1. The van der Waals surface area contributed by atoms with Crippen molar-refractivity contribution in [3.8, 4) is 0 Å². The molecule has 2 atom stereocenters. The first kappa shape index (κ1) is 14.6. The van der Waals surface area contributed by atoms with E-state index in [0.29, 0.717) is 6.04 Å². The molecule has 23 heavy (non-hydrogen) atoms. The molecule has 1 aromatic carbocycles. The van der Waals surface area contributed by atoms with Gasteiger partial charge in [-0.05, 0) is 57.2 Å². The van der Waals surface area contributed by atoms with Crippen molar-refractivity contribution in [2.24, 2.45) is 0 Å². The van der Waals surface area contributed by atoms with E-state index in [2.05, 4.69) is 11.8 Å². The Morgan fingerprint density at radius 1 is 1.13 bits per heavy atom. The highest BCUT2D eigenvalue weighted by atomic mass is 19.1. The lowest BCUT2D eigenvalue weighted by molar-refractivity contribution is 0.625. The molecule has 4 heteroatoms. The van der Waals surface area contributed by atoms with Crippen LogP contribution in [0.25, 0.3) is 0 Å². The van der Waals surface area contributed by atoms with Crippen LogP contribution in [0.2, 0.25) is 0 Å². The molecule has 1 saturated heterocycles. The Bertz CT molecular complexity index is 726. The van der Waals surface area contributed by atoms with Gasteiger partial charge in [0.15, 0.2) is 0 Å². The lowest BCUT2D eigenvalue weighted by Gasteiger charge is -2.25. The average molecular weight is 311 g/mol. The monoisotopic (exact) mass is 311 g/mol. The van der Waals surface area contributed by atoms with E-state index < -0.39 is 0 Å². The summed E-state index contributed by atoms with van der Waals surface area (Å²) in [7, 11) is 0. The Hall–Kier alpha value is -1.97. The van der Waals surface area contributed by atoms with Crippen LogP contribution >= 0.6 is 0 Å². The third-order valence-electron chi connectivity index (χ3n) is 5.24. The summed E-state index contributed by atoms with van der Waals surface area (Å²) in [5, 5.41) is 0. The molecular weight excluding hydrogens is 289 g/mol. The number of nitrogens with zero attached hydrogens (tertiary/aromatic N) is 3. The van der Waals surface area contributed by atoms with Crippen molar-refractivity contribution >= 4 is 5.82 Å². The fraction of sp³-hybridized carbons (Fsp3) is 0.474. The summed E-state index contributed by atoms with van der Waals surface area (Å²) in [6, 6.07) is 7.43. The molecule has 3 nitrogen and oxygen atoms in total. The molecule has 1 aromatic heterocycles. The molecule has 0 bridgehead atoms. The molecular formula is C19H22FN3. The molecule has 4 rings (SSSR count). The van der Waals surface area contributed by atoms with Crippen LogP contribution in [0.15, 0.2) is 24.3 Å². The molecule has 0 amide bonds. The largest absolute Gasteiger partial charge is 0.354 e. The highest BCUT2D eigenvalue weighted by Gasteiger charge is 2.32. The van der Waals surface area contributed by atoms with Gasteiger partial charge < -0.3 is 4.90 Å². The zero-order valence-corrected chi connectivity index (χ0v) is 13.7. The molecule has 1 aliphatic heterocycles. The summed E-state index contributed by atoms with van der Waals surface area (Å²) in [4.78, 5) is 12.0. The second kappa shape index (κ2) is 5.59. The van der Waals surface area contributed by atoms with Crippen molar-refractivity contribution in [2.45, 2.75) is 51.5 Å². The molecule has 1 aliphatic carbocycles. The van der Waals surface area contributed by atoms with E-state index in [-0.39, 0.29) is 11.7 Å². The molecule has 120 valence electrons. The van der Waals surface area contributed by atoms with Crippen LogP contribution in [0.4, 0.5) is 10.2 Å². The van der Waals surface area contributed by atoms with Gasteiger partial charge in [-0.25, -0.2) is 14.4 Å². The van der Waals surface area contributed by atoms with Crippen LogP contribution in [0, 0.1) is 12.7 Å². The summed E-state index contributed by atoms with van der Waals surface area (Å²) in [5.74, 6) is 2.07. The number of aromatic nitrogens is 2. The number of benzene rings is 1. The molecule has 2 aliphatic rings. The first-order valence-corrected chi connectivity index (χ1v) is 8.53. The van der Waals surface area contributed by atoms with Crippen molar-refractivity contribution in [1.82, 2.24) is 9.97 Å². The van der Waals surface area contributed by atoms with E-state index in [1.165, 1.54) is 18.4 Å². The first-order valence-electron chi connectivity index (χ1n) is 8.53. The van der Waals surface area contributed by atoms with Crippen molar-refractivity contribution in [1.29, 1.82) is 0 Å². The van der Waals surface area contributed by atoms with Crippen molar-refractivity contribution in [3.63, 3.8) is 0 Å². The van der Waals surface area contributed by atoms with Crippen molar-refractivity contribution in [2.75, 3.05) is 11.4 Å². The van der Waals surface area contributed by atoms with Gasteiger partial charge in [0.2, 0.25) is 0 Å². The Kier molecular flexibility index (Phi) is 3.55. The predicted molar refractivity (Wildman–Crippen MR) is 89.4 cm³/mol. The maximum Gasteiger partial charge on any atom is 0.136 e. The predicted octanol–water partition coefficient (Wildman–Crippen LogP) is 3.99. The first-order chi connectivity index (χ1) is 11.1. The van der Waals surface area contributed by atoms with Gasteiger partial charge in [0, 0.05) is 24.1 Å². The maximum absolute atomic E-state index is 13.2. The molecule has 2 unspecified atom stereocenters. The van der Waals surface area contributed by atoms with E-state index in [1.54, 1.807) is 12.1 Å². The van der Waals surface area contributed by atoms with Gasteiger partial charge in [0.1, 0.15) is 17.5 Å². The van der Waals surface area contributed by atoms with Crippen molar-refractivity contribution < 1.29 is 4.39 Å². The number of aryl methyl sites for hydroxylation is 1. The molecule has 0 N–H and O–H groups in total. The minimum atomic E-state index is -0.183. The minimum absolute atomic E-state index is 0.183. The summed E-state index contributed by atoms with van der Waals surface area (Å²) >= 11 is 0. The highest BCUT2D eigenvalue weighted by Crippen LogP contribution is 2.41. The zero-order valence-electron chi connectivity index (χ0n) is 13.7. The van der Waals surface area contributed by atoms with Crippen molar-refractivity contribution in [3.05, 3.63) is 52.7 Å². The van der Waals surface area contributed by atoms with Gasteiger partial charge in [0.05, 0.1) is 5.69 Å². The van der Waals surface area contributed by atoms with Gasteiger partial charge >= 0.3 is 0 Å². The fourth-order valence-electron chi connectivity index (χ4n) is 4.06. The molecule has 0 saturated carbocycles. The Morgan fingerprint density at radius 2 is 1.91 bits per heavy atom. The second-order valence-corrected chi connectivity index (χ2v) is 6.79. The Labute approximate surface area is 136 Å². The minimum Gasteiger partial charge on any atom is -0.354 e. The number of rotatable bonds is 2. The standard InChI is InChI=1S/C19H22FN3/c1-12-4-3-11-23(12)19-17-10-9-16(18(17)21-13(2)22-19)14-5-7-15(20)8-6-14/h5-8,12,16H,3-4,9-11H2,1-2H3. The fourth-order valence-corrected chi connectivity index (χ4v) is 4.06. The number of hydrogen-bond donors (Lipinski definition) is 0. The zero-order chi connectivity index (χ0) is 16.0. The maximum atomic E-state index is 13.2. The van der Waals surface area contributed by atoms with Crippen LogP contribution in [0.1, 0.15) is 54.7 Å². The third kappa shape index (κ3) is 2.50. The van der Waals surface area contributed by atoms with Crippen LogP contribution in [0.3, 0.4) is 0 Å². The molecule has 2 aromatic rings. The van der Waals surface area contributed by atoms with Gasteiger partial charge in [-0.15, -0.1) is 0 Å². The van der Waals surface area contributed by atoms with Crippen LogP contribution in [-0.2, 0) is 6.42 Å². The number of hydrogen-bond acceptors (Lipinski definition) is 3. The van der Waals surface area contributed by atoms with E-state index in [4.69, 9.17) is 9.97 Å². The van der Waals surface area contributed by atoms with Gasteiger partial charge in [-0.1, -0.05) is 12.1 Å². The smallest absolute Gasteiger partial charge is 0.136 e. The summed E-state index contributed by atoms with van der Waals surface area (Å²) in [5.41, 5.74) is 3.61. The lowest BCUT2D eigenvalue weighted by Crippen LogP contribution is -2.29. The number of halogens is 1. The normalized spacial score (nSPS) is 23.3. The van der Waals surface area contributed by atoms with Gasteiger partial charge in [-0.2, -0.15) is 0 Å². The number of fused-ring (bicyclic) bond motifs is 1. The van der Waals surface area contributed by atoms with E-state index in [9.17, 15) is 4.39 Å². The summed E-state index contributed by atoms with van der Waals surface area (Å²) < 4.78 is 13.2. The SMILES string of the molecule is Cc1nc2c(c(N3CCCC3C)n1)CCC2c1ccc(F)cc1. The average Bonchev–Trinajstić information content (AvgIpc) is 3.14. The van der Waals surface area contributed by atoms with Crippen LogP contribution in [-0.4, -0.2) is 22.6 Å². The van der Waals surface area contributed by atoms with E-state index >= 15 is 0 Å². The second-order valence-electron chi connectivity index (χ2n) is 6.79. The lowest BCUT2D eigenvalue weighted by atomic mass is 9.96. The summed E-state index contributed by atoms with van der Waals surface area (Å²) in [6.07, 6.45) is 4.52. The molecule has 0 spiro atoms. The van der Waals surface area contributed by atoms with E-state index in [1.807, 2.05) is 19.1 Å². The summed E-state index contributed by atoms with van der Waals surface area (Å²) in [6.45, 7) is 5.35. The van der Waals surface area contributed by atoms with E-state index in [0.717, 1.165) is 42.3 Å². The Balaban J connectivity index is 1.77.